The normalized spacial score (nSPS) is 18.2. The SMILES string of the molecule is CCCc1nn(C)c2c(NCc3ccc(OC(C)C)c(Cl)c3)nc(C3CCC(C(=O)O)CC3)nc12. The molecule has 0 amide bonds. The third-order valence-electron chi connectivity index (χ3n) is 6.52. The van der Waals surface area contributed by atoms with Gasteiger partial charge in [0, 0.05) is 19.5 Å². The summed E-state index contributed by atoms with van der Waals surface area (Å²) in [6.07, 6.45) is 4.73. The van der Waals surface area contributed by atoms with Crippen molar-refractivity contribution in [2.75, 3.05) is 5.32 Å². The molecule has 1 fully saturated rings. The summed E-state index contributed by atoms with van der Waals surface area (Å²) in [5, 5.41) is 18.2. The Morgan fingerprint density at radius 2 is 2.00 bits per heavy atom. The molecule has 1 saturated carbocycles. The van der Waals surface area contributed by atoms with Crippen LogP contribution in [-0.2, 0) is 24.8 Å². The Balaban J connectivity index is 1.63. The molecule has 0 aliphatic heterocycles. The van der Waals surface area contributed by atoms with Gasteiger partial charge in [0.2, 0.25) is 0 Å². The Morgan fingerprint density at radius 3 is 2.63 bits per heavy atom. The summed E-state index contributed by atoms with van der Waals surface area (Å²) in [5.41, 5.74) is 3.73. The number of halogens is 1. The number of hydrogen-bond donors (Lipinski definition) is 2. The van der Waals surface area contributed by atoms with Gasteiger partial charge in [-0.05, 0) is 63.6 Å². The van der Waals surface area contributed by atoms with Crippen LogP contribution in [0, 0.1) is 5.92 Å². The van der Waals surface area contributed by atoms with Crippen molar-refractivity contribution in [1.29, 1.82) is 0 Å². The zero-order chi connectivity index (χ0) is 25.1. The summed E-state index contributed by atoms with van der Waals surface area (Å²) >= 11 is 6.44. The van der Waals surface area contributed by atoms with Gasteiger partial charge in [-0.15, -0.1) is 0 Å². The molecule has 2 aromatic heterocycles. The van der Waals surface area contributed by atoms with Crippen molar-refractivity contribution in [2.24, 2.45) is 13.0 Å². The third-order valence-corrected chi connectivity index (χ3v) is 6.81. The lowest BCUT2D eigenvalue weighted by atomic mass is 9.81. The van der Waals surface area contributed by atoms with Crippen molar-refractivity contribution in [3.8, 4) is 5.75 Å². The Hall–Kier alpha value is -2.87. The molecule has 188 valence electrons. The van der Waals surface area contributed by atoms with E-state index in [2.05, 4.69) is 12.2 Å². The Bertz CT molecular complexity index is 1200. The third kappa shape index (κ3) is 5.69. The first-order chi connectivity index (χ1) is 16.8. The van der Waals surface area contributed by atoms with E-state index in [1.165, 1.54) is 0 Å². The lowest BCUT2D eigenvalue weighted by Crippen LogP contribution is -2.21. The Kier molecular flexibility index (Phi) is 7.79. The summed E-state index contributed by atoms with van der Waals surface area (Å²) < 4.78 is 7.59. The second-order valence-corrected chi connectivity index (χ2v) is 10.0. The molecule has 2 heterocycles. The highest BCUT2D eigenvalue weighted by Crippen LogP contribution is 2.36. The maximum Gasteiger partial charge on any atom is 0.306 e. The van der Waals surface area contributed by atoms with E-state index in [0.29, 0.717) is 30.2 Å². The number of aryl methyl sites for hydroxylation is 2. The highest BCUT2D eigenvalue weighted by molar-refractivity contribution is 6.32. The van der Waals surface area contributed by atoms with Gasteiger partial charge in [-0.2, -0.15) is 5.10 Å². The molecule has 0 atom stereocenters. The van der Waals surface area contributed by atoms with Crippen LogP contribution in [0.5, 0.6) is 5.75 Å². The van der Waals surface area contributed by atoms with Crippen LogP contribution in [0.3, 0.4) is 0 Å². The van der Waals surface area contributed by atoms with E-state index < -0.39 is 5.97 Å². The standard InChI is InChI=1S/C26H34ClN5O3/c1-5-6-20-22-23(32(4)31-20)25(28-14-16-7-12-21(19(27)13-16)35-15(2)3)30-24(29-22)17-8-10-18(11-9-17)26(33)34/h7,12-13,15,17-18H,5-6,8-11,14H2,1-4H3,(H,33,34)(H,28,29,30). The number of rotatable bonds is 9. The van der Waals surface area contributed by atoms with Crippen LogP contribution in [0.1, 0.15) is 75.9 Å². The number of carboxylic acids is 1. The largest absolute Gasteiger partial charge is 0.489 e. The van der Waals surface area contributed by atoms with Crippen LogP contribution >= 0.6 is 11.6 Å². The van der Waals surface area contributed by atoms with Gasteiger partial charge in [0.25, 0.3) is 0 Å². The van der Waals surface area contributed by atoms with E-state index in [4.69, 9.17) is 31.4 Å². The lowest BCUT2D eigenvalue weighted by Gasteiger charge is -2.25. The highest BCUT2D eigenvalue weighted by Gasteiger charge is 2.29. The molecule has 35 heavy (non-hydrogen) atoms. The average Bonchev–Trinajstić information content (AvgIpc) is 3.14. The summed E-state index contributed by atoms with van der Waals surface area (Å²) in [6.45, 7) is 6.61. The molecule has 1 aliphatic carbocycles. The molecule has 8 nitrogen and oxygen atoms in total. The van der Waals surface area contributed by atoms with E-state index in [1.807, 2.05) is 43.8 Å². The molecule has 1 aliphatic rings. The van der Waals surface area contributed by atoms with Gasteiger partial charge in [0.1, 0.15) is 22.6 Å². The van der Waals surface area contributed by atoms with E-state index in [-0.39, 0.29) is 17.9 Å². The zero-order valence-corrected chi connectivity index (χ0v) is 21.6. The van der Waals surface area contributed by atoms with Crippen molar-refractivity contribution in [3.63, 3.8) is 0 Å². The molecule has 0 unspecified atom stereocenters. The summed E-state index contributed by atoms with van der Waals surface area (Å²) in [5.74, 6) is 1.35. The van der Waals surface area contributed by atoms with Gasteiger partial charge in [-0.1, -0.05) is 31.0 Å². The van der Waals surface area contributed by atoms with Crippen molar-refractivity contribution >= 4 is 34.4 Å². The van der Waals surface area contributed by atoms with Crippen LogP contribution in [0.4, 0.5) is 5.82 Å². The smallest absolute Gasteiger partial charge is 0.306 e. The average molecular weight is 500 g/mol. The number of carbonyl (C=O) groups is 1. The molecule has 2 N–H and O–H groups in total. The molecule has 3 aromatic rings. The minimum Gasteiger partial charge on any atom is -0.489 e. The quantitative estimate of drug-likeness (QED) is 0.387. The molecular formula is C26H34ClN5O3. The van der Waals surface area contributed by atoms with Gasteiger partial charge >= 0.3 is 5.97 Å². The monoisotopic (exact) mass is 499 g/mol. The first-order valence-corrected chi connectivity index (χ1v) is 12.8. The van der Waals surface area contributed by atoms with Gasteiger partial charge in [-0.25, -0.2) is 9.97 Å². The van der Waals surface area contributed by atoms with Gasteiger partial charge in [0.05, 0.1) is 22.7 Å². The molecular weight excluding hydrogens is 466 g/mol. The Labute approximate surface area is 211 Å². The second-order valence-electron chi connectivity index (χ2n) is 9.62. The van der Waals surface area contributed by atoms with Crippen molar-refractivity contribution in [2.45, 2.75) is 77.9 Å². The number of fused-ring (bicyclic) bond motifs is 1. The fourth-order valence-electron chi connectivity index (χ4n) is 4.76. The lowest BCUT2D eigenvalue weighted by molar-refractivity contribution is -0.142. The van der Waals surface area contributed by atoms with Gasteiger partial charge < -0.3 is 15.2 Å². The fourth-order valence-corrected chi connectivity index (χ4v) is 5.01. The van der Waals surface area contributed by atoms with Crippen LogP contribution in [0.15, 0.2) is 18.2 Å². The number of carboxylic acid groups (broad SMARTS) is 1. The fraction of sp³-hybridized carbons (Fsp3) is 0.538. The first-order valence-electron chi connectivity index (χ1n) is 12.4. The van der Waals surface area contributed by atoms with Crippen molar-refractivity contribution < 1.29 is 14.6 Å². The summed E-state index contributed by atoms with van der Waals surface area (Å²) in [4.78, 5) is 21.3. The maximum atomic E-state index is 11.4. The van der Waals surface area contributed by atoms with E-state index in [9.17, 15) is 9.90 Å². The Morgan fingerprint density at radius 1 is 1.26 bits per heavy atom. The number of nitrogens with zero attached hydrogens (tertiary/aromatic N) is 4. The molecule has 0 radical (unpaired) electrons. The number of hydrogen-bond acceptors (Lipinski definition) is 6. The predicted molar refractivity (Wildman–Crippen MR) is 137 cm³/mol. The van der Waals surface area contributed by atoms with Gasteiger partial charge in [-0.3, -0.25) is 9.48 Å². The van der Waals surface area contributed by atoms with E-state index in [0.717, 1.165) is 59.6 Å². The number of anilines is 1. The molecule has 4 rings (SSSR count). The minimum absolute atomic E-state index is 0.0527. The first kappa shape index (κ1) is 25.2. The maximum absolute atomic E-state index is 11.4. The van der Waals surface area contributed by atoms with Crippen LogP contribution < -0.4 is 10.1 Å². The van der Waals surface area contributed by atoms with Crippen LogP contribution in [0.2, 0.25) is 5.02 Å². The molecule has 0 saturated heterocycles. The number of nitrogens with one attached hydrogen (secondary N) is 1. The zero-order valence-electron chi connectivity index (χ0n) is 20.8. The highest BCUT2D eigenvalue weighted by atomic mass is 35.5. The molecule has 9 heteroatoms. The molecule has 1 aromatic carbocycles. The van der Waals surface area contributed by atoms with Crippen molar-refractivity contribution in [3.05, 3.63) is 40.3 Å². The van der Waals surface area contributed by atoms with Crippen molar-refractivity contribution in [1.82, 2.24) is 19.7 Å². The molecule has 0 spiro atoms. The topological polar surface area (TPSA) is 102 Å². The number of aromatic nitrogens is 4. The second kappa shape index (κ2) is 10.8. The van der Waals surface area contributed by atoms with Crippen LogP contribution in [0.25, 0.3) is 11.0 Å². The van der Waals surface area contributed by atoms with Crippen LogP contribution in [-0.4, -0.2) is 36.9 Å². The minimum atomic E-state index is -0.705. The number of aliphatic carboxylic acids is 1. The predicted octanol–water partition coefficient (Wildman–Crippen LogP) is 5.73. The van der Waals surface area contributed by atoms with E-state index >= 15 is 0 Å². The number of ether oxygens (including phenoxy) is 1. The van der Waals surface area contributed by atoms with Gasteiger partial charge in [0.15, 0.2) is 5.82 Å². The molecule has 0 bridgehead atoms. The van der Waals surface area contributed by atoms with E-state index in [1.54, 1.807) is 0 Å². The summed E-state index contributed by atoms with van der Waals surface area (Å²) in [7, 11) is 1.92. The summed E-state index contributed by atoms with van der Waals surface area (Å²) in [6, 6.07) is 5.80. The number of benzene rings is 1.